The van der Waals surface area contributed by atoms with Crippen LogP contribution in [0, 0.1) is 0 Å². The van der Waals surface area contributed by atoms with Gasteiger partial charge >= 0.3 is 23.9 Å². The highest BCUT2D eigenvalue weighted by molar-refractivity contribution is 6.02. The van der Waals surface area contributed by atoms with Gasteiger partial charge in [0.1, 0.15) is 0 Å². The Morgan fingerprint density at radius 1 is 0.667 bits per heavy atom. The van der Waals surface area contributed by atoms with Crippen molar-refractivity contribution in [3.05, 3.63) is 102 Å². The molecule has 0 bridgehead atoms. The number of aliphatic carboxylic acids is 1. The molecule has 3 rings (SSSR count). The van der Waals surface area contributed by atoms with Crippen LogP contribution in [0.15, 0.2) is 84.9 Å². The Kier molecular flexibility index (Phi) is 8.49. The molecule has 3 aromatic rings. The van der Waals surface area contributed by atoms with Gasteiger partial charge in [-0.05, 0) is 42.5 Å². The van der Waals surface area contributed by atoms with E-state index in [9.17, 15) is 29.1 Å². The average molecular weight is 491 g/mol. The molecule has 0 heterocycles. The molecule has 0 unspecified atom stereocenters. The number of benzene rings is 3. The highest BCUT2D eigenvalue weighted by Crippen LogP contribution is 2.17. The minimum absolute atomic E-state index is 0.0306. The number of anilines is 1. The Bertz CT molecular complexity index is 1260. The molecule has 10 nitrogen and oxygen atoms in total. The third-order valence-corrected chi connectivity index (χ3v) is 4.81. The zero-order chi connectivity index (χ0) is 26.1. The van der Waals surface area contributed by atoms with E-state index >= 15 is 0 Å². The summed E-state index contributed by atoms with van der Waals surface area (Å²) < 4.78 is 15.0. The Morgan fingerprint density at radius 2 is 1.17 bits per heavy atom. The molecular weight excluding hydrogens is 470 g/mol. The number of methoxy groups -OCH3 is 1. The van der Waals surface area contributed by atoms with Crippen LogP contribution in [0.4, 0.5) is 5.69 Å². The minimum Gasteiger partial charge on any atom is -0.478 e. The highest BCUT2D eigenvalue weighted by Gasteiger charge is 2.41. The second-order valence-corrected chi connectivity index (χ2v) is 7.28. The van der Waals surface area contributed by atoms with E-state index in [1.807, 2.05) is 0 Å². The summed E-state index contributed by atoms with van der Waals surface area (Å²) in [5.41, 5.74) is 0.269. The third kappa shape index (κ3) is 6.54. The lowest BCUT2D eigenvalue weighted by Gasteiger charge is -2.23. The van der Waals surface area contributed by atoms with Gasteiger partial charge in [-0.15, -0.1) is 0 Å². The van der Waals surface area contributed by atoms with E-state index in [1.165, 1.54) is 55.6 Å². The molecule has 184 valence electrons. The maximum absolute atomic E-state index is 13.1. The van der Waals surface area contributed by atoms with Gasteiger partial charge in [0, 0.05) is 5.69 Å². The van der Waals surface area contributed by atoms with E-state index in [0.29, 0.717) is 0 Å². The summed E-state index contributed by atoms with van der Waals surface area (Å²) in [7, 11) is 1.19. The summed E-state index contributed by atoms with van der Waals surface area (Å²) in [6.07, 6.45) is -4.26. The number of hydrogen-bond acceptors (Lipinski definition) is 8. The van der Waals surface area contributed by atoms with Crippen LogP contribution in [0.2, 0.25) is 0 Å². The molecule has 0 radical (unpaired) electrons. The predicted molar refractivity (Wildman–Crippen MR) is 125 cm³/mol. The van der Waals surface area contributed by atoms with Gasteiger partial charge in [-0.25, -0.2) is 19.2 Å². The largest absolute Gasteiger partial charge is 0.478 e. The van der Waals surface area contributed by atoms with Crippen molar-refractivity contribution in [3.8, 4) is 0 Å². The molecule has 2 atom stereocenters. The number of carbonyl (C=O) groups excluding carboxylic acids is 4. The Labute approximate surface area is 205 Å². The third-order valence-electron chi connectivity index (χ3n) is 4.81. The summed E-state index contributed by atoms with van der Waals surface area (Å²) >= 11 is 0. The lowest BCUT2D eigenvalue weighted by molar-refractivity contribution is -0.157. The van der Waals surface area contributed by atoms with Crippen LogP contribution >= 0.6 is 0 Å². The number of esters is 3. The van der Waals surface area contributed by atoms with Crippen molar-refractivity contribution in [2.75, 3.05) is 12.4 Å². The standard InChI is InChI=1S/C26H21NO9/c1-34-24(31)18-13-8-14-19(15-18)27-22(28)20(35-25(32)16-9-4-2-5-10-16)21(23(29)30)36-26(33)17-11-6-3-7-12-17/h2-15,20-21H,1H3,(H,27,28)(H,29,30)/t20-,21-/m1/s1. The number of hydrogen-bond donors (Lipinski definition) is 2. The monoisotopic (exact) mass is 491 g/mol. The first kappa shape index (κ1) is 25.6. The Balaban J connectivity index is 1.91. The molecule has 0 aromatic heterocycles. The average Bonchev–Trinajstić information content (AvgIpc) is 2.90. The number of nitrogens with one attached hydrogen (secondary N) is 1. The van der Waals surface area contributed by atoms with Crippen LogP contribution in [-0.4, -0.2) is 54.2 Å². The second kappa shape index (κ2) is 11.9. The Hall–Kier alpha value is -4.99. The maximum Gasteiger partial charge on any atom is 0.349 e. The van der Waals surface area contributed by atoms with Gasteiger partial charge in [0.2, 0.25) is 12.2 Å². The number of carbonyl (C=O) groups is 5. The summed E-state index contributed by atoms with van der Waals surface area (Å²) in [6, 6.07) is 20.7. The van der Waals surface area contributed by atoms with Gasteiger partial charge in [0.05, 0.1) is 23.8 Å². The van der Waals surface area contributed by atoms with Gasteiger partial charge in [-0.2, -0.15) is 0 Å². The summed E-state index contributed by atoms with van der Waals surface area (Å²) in [5.74, 6) is -5.54. The summed E-state index contributed by atoms with van der Waals surface area (Å²) in [5, 5.41) is 12.2. The molecule has 0 saturated heterocycles. The Morgan fingerprint density at radius 3 is 1.67 bits per heavy atom. The van der Waals surface area contributed by atoms with Gasteiger partial charge < -0.3 is 24.6 Å². The van der Waals surface area contributed by atoms with E-state index in [-0.39, 0.29) is 22.4 Å². The van der Waals surface area contributed by atoms with Crippen LogP contribution in [0.25, 0.3) is 0 Å². The zero-order valence-electron chi connectivity index (χ0n) is 19.0. The number of rotatable bonds is 9. The van der Waals surface area contributed by atoms with Crippen molar-refractivity contribution in [2.24, 2.45) is 0 Å². The highest BCUT2D eigenvalue weighted by atomic mass is 16.6. The van der Waals surface area contributed by atoms with Crippen molar-refractivity contribution >= 4 is 35.5 Å². The molecule has 0 saturated carbocycles. The number of ether oxygens (including phenoxy) is 3. The molecule has 0 spiro atoms. The van der Waals surface area contributed by atoms with Gasteiger partial charge in [-0.1, -0.05) is 42.5 Å². The number of carboxylic acid groups (broad SMARTS) is 1. The zero-order valence-corrected chi connectivity index (χ0v) is 19.0. The molecule has 0 aliphatic rings. The van der Waals surface area contributed by atoms with Crippen LogP contribution in [0.5, 0.6) is 0 Å². The van der Waals surface area contributed by atoms with Gasteiger partial charge in [0.25, 0.3) is 5.91 Å². The number of amides is 1. The lowest BCUT2D eigenvalue weighted by atomic mass is 10.1. The van der Waals surface area contributed by atoms with Crippen LogP contribution < -0.4 is 5.32 Å². The SMILES string of the molecule is COC(=O)c1cccc(NC(=O)[C@H](OC(=O)c2ccccc2)[C@@H](OC(=O)c2ccccc2)C(=O)O)c1. The van der Waals surface area contributed by atoms with Gasteiger partial charge in [0.15, 0.2) is 0 Å². The summed E-state index contributed by atoms with van der Waals surface area (Å²) in [6.45, 7) is 0. The molecule has 1 amide bonds. The van der Waals surface area contributed by atoms with E-state index < -0.39 is 42.0 Å². The molecule has 0 fully saturated rings. The maximum atomic E-state index is 13.1. The normalized spacial score (nSPS) is 11.9. The van der Waals surface area contributed by atoms with E-state index in [0.717, 1.165) is 0 Å². The smallest absolute Gasteiger partial charge is 0.349 e. The first-order chi connectivity index (χ1) is 17.3. The molecular formula is C26H21NO9. The van der Waals surface area contributed by atoms with Crippen molar-refractivity contribution in [2.45, 2.75) is 12.2 Å². The molecule has 36 heavy (non-hydrogen) atoms. The fourth-order valence-corrected chi connectivity index (χ4v) is 3.06. The quantitative estimate of drug-likeness (QED) is 0.341. The van der Waals surface area contributed by atoms with E-state index in [1.54, 1.807) is 36.4 Å². The van der Waals surface area contributed by atoms with Crippen molar-refractivity contribution < 1.29 is 43.3 Å². The van der Waals surface area contributed by atoms with Crippen LogP contribution in [-0.2, 0) is 23.8 Å². The minimum atomic E-state index is -2.19. The molecule has 0 aliphatic carbocycles. The molecule has 10 heteroatoms. The number of carboxylic acids is 1. The molecule has 0 aliphatic heterocycles. The first-order valence-electron chi connectivity index (χ1n) is 10.5. The molecule has 2 N–H and O–H groups in total. The van der Waals surface area contributed by atoms with Gasteiger partial charge in [-0.3, -0.25) is 4.79 Å². The van der Waals surface area contributed by atoms with Crippen molar-refractivity contribution in [3.63, 3.8) is 0 Å². The predicted octanol–water partition coefficient (Wildman–Crippen LogP) is 2.95. The van der Waals surface area contributed by atoms with Crippen molar-refractivity contribution in [1.82, 2.24) is 0 Å². The fraction of sp³-hybridized carbons (Fsp3) is 0.115. The topological polar surface area (TPSA) is 145 Å². The lowest BCUT2D eigenvalue weighted by Crippen LogP contribution is -2.48. The second-order valence-electron chi connectivity index (χ2n) is 7.28. The summed E-state index contributed by atoms with van der Waals surface area (Å²) in [4.78, 5) is 62.2. The van der Waals surface area contributed by atoms with Crippen molar-refractivity contribution in [1.29, 1.82) is 0 Å². The van der Waals surface area contributed by atoms with E-state index in [2.05, 4.69) is 10.1 Å². The first-order valence-corrected chi connectivity index (χ1v) is 10.5. The van der Waals surface area contributed by atoms with E-state index in [4.69, 9.17) is 9.47 Å². The molecule has 3 aromatic carbocycles. The fourth-order valence-electron chi connectivity index (χ4n) is 3.06. The van der Waals surface area contributed by atoms with Crippen LogP contribution in [0.1, 0.15) is 31.1 Å². The van der Waals surface area contributed by atoms with Crippen LogP contribution in [0.3, 0.4) is 0 Å².